The van der Waals surface area contributed by atoms with Gasteiger partial charge in [0.2, 0.25) is 5.95 Å². The molecule has 0 spiro atoms. The summed E-state index contributed by atoms with van der Waals surface area (Å²) < 4.78 is 3.09. The molecule has 0 bridgehead atoms. The quantitative estimate of drug-likeness (QED) is 0.569. The Hall–Kier alpha value is -2.09. The van der Waals surface area contributed by atoms with E-state index in [2.05, 4.69) is 9.97 Å². The lowest BCUT2D eigenvalue weighted by atomic mass is 10.1. The van der Waals surface area contributed by atoms with Crippen molar-refractivity contribution >= 4 is 17.1 Å². The third kappa shape index (κ3) is 1.32. The van der Waals surface area contributed by atoms with Crippen LogP contribution in [0.25, 0.3) is 11.2 Å². The first-order valence-electron chi connectivity index (χ1n) is 5.71. The summed E-state index contributed by atoms with van der Waals surface area (Å²) in [6, 6.07) is 0. The van der Waals surface area contributed by atoms with Crippen LogP contribution in [0.2, 0.25) is 0 Å². The third-order valence-corrected chi connectivity index (χ3v) is 3.25. The van der Waals surface area contributed by atoms with Crippen molar-refractivity contribution in [2.75, 3.05) is 11.6 Å². The van der Waals surface area contributed by atoms with Gasteiger partial charge in [0.1, 0.15) is 0 Å². The summed E-state index contributed by atoms with van der Waals surface area (Å²) in [7, 11) is 1.57. The maximum absolute atomic E-state index is 11.9. The molecule has 3 heterocycles. The highest BCUT2D eigenvalue weighted by Gasteiger charge is 2.26. The Balaban J connectivity index is 2.45. The molecule has 8 nitrogen and oxygen atoms in total. The van der Waals surface area contributed by atoms with Crippen LogP contribution in [0.15, 0.2) is 9.59 Å². The second-order valence-corrected chi connectivity index (χ2v) is 4.77. The zero-order valence-electron chi connectivity index (χ0n) is 10.2. The molecule has 3 N–H and O–H groups in total. The summed E-state index contributed by atoms with van der Waals surface area (Å²) in [5.74, 6) is 6.73. The lowest BCUT2D eigenvalue weighted by molar-refractivity contribution is 0.440. The van der Waals surface area contributed by atoms with E-state index < -0.39 is 11.2 Å². The minimum absolute atomic E-state index is 0.316. The van der Waals surface area contributed by atoms with E-state index in [1.807, 2.05) is 6.92 Å². The highest BCUT2D eigenvalue weighted by atomic mass is 16.2. The van der Waals surface area contributed by atoms with Gasteiger partial charge in [-0.25, -0.2) is 10.6 Å². The van der Waals surface area contributed by atoms with Crippen molar-refractivity contribution in [3.05, 3.63) is 20.8 Å². The molecule has 0 saturated carbocycles. The van der Waals surface area contributed by atoms with E-state index in [-0.39, 0.29) is 0 Å². The maximum Gasteiger partial charge on any atom is 0.329 e. The molecule has 2 aromatic rings. The number of hydrogen-bond acceptors (Lipinski definition) is 5. The molecule has 0 aliphatic carbocycles. The molecule has 0 aromatic carbocycles. The number of aromatic amines is 1. The van der Waals surface area contributed by atoms with Crippen LogP contribution < -0.4 is 22.1 Å². The highest BCUT2D eigenvalue weighted by molar-refractivity contribution is 5.74. The summed E-state index contributed by atoms with van der Waals surface area (Å²) in [4.78, 5) is 30.0. The summed E-state index contributed by atoms with van der Waals surface area (Å²) in [6.07, 6.45) is 0. The average Bonchev–Trinajstić information content (AvgIpc) is 2.66. The smallest absolute Gasteiger partial charge is 0.303 e. The van der Waals surface area contributed by atoms with Crippen molar-refractivity contribution in [3.8, 4) is 0 Å². The van der Waals surface area contributed by atoms with Gasteiger partial charge in [0, 0.05) is 20.1 Å². The third-order valence-electron chi connectivity index (χ3n) is 3.25. The topological polar surface area (TPSA) is 102 Å². The van der Waals surface area contributed by atoms with Crippen LogP contribution in [-0.2, 0) is 13.6 Å². The second-order valence-electron chi connectivity index (χ2n) is 4.77. The Morgan fingerprint density at radius 3 is 2.83 bits per heavy atom. The molecule has 0 fully saturated rings. The number of aromatic nitrogens is 4. The summed E-state index contributed by atoms with van der Waals surface area (Å²) in [5, 5.41) is 1.51. The Kier molecular flexibility index (Phi) is 2.11. The van der Waals surface area contributed by atoms with E-state index in [9.17, 15) is 9.59 Å². The molecule has 0 amide bonds. The van der Waals surface area contributed by atoms with Gasteiger partial charge in [-0.05, 0) is 5.92 Å². The van der Waals surface area contributed by atoms with Crippen LogP contribution in [0.5, 0.6) is 0 Å². The van der Waals surface area contributed by atoms with Crippen molar-refractivity contribution in [1.82, 2.24) is 19.1 Å². The van der Waals surface area contributed by atoms with Gasteiger partial charge in [-0.15, -0.1) is 0 Å². The molecular formula is C10H14N6O2. The number of aryl methyl sites for hydroxylation is 1. The van der Waals surface area contributed by atoms with E-state index >= 15 is 0 Å². The van der Waals surface area contributed by atoms with Crippen molar-refractivity contribution in [2.24, 2.45) is 18.8 Å². The Labute approximate surface area is 102 Å². The predicted molar refractivity (Wildman–Crippen MR) is 66.3 cm³/mol. The molecule has 8 heteroatoms. The molecule has 1 aliphatic rings. The van der Waals surface area contributed by atoms with Gasteiger partial charge in [0.15, 0.2) is 11.2 Å². The molecular weight excluding hydrogens is 236 g/mol. The minimum Gasteiger partial charge on any atom is -0.303 e. The first kappa shape index (κ1) is 11.0. The Bertz CT molecular complexity index is 739. The second kappa shape index (κ2) is 3.45. The number of nitrogens with two attached hydrogens (primary N) is 1. The Morgan fingerprint density at radius 1 is 1.39 bits per heavy atom. The van der Waals surface area contributed by atoms with Crippen LogP contribution in [0, 0.1) is 5.92 Å². The van der Waals surface area contributed by atoms with E-state index in [0.29, 0.717) is 36.1 Å². The molecule has 0 radical (unpaired) electrons. The molecule has 1 atom stereocenters. The van der Waals surface area contributed by atoms with Gasteiger partial charge in [0.05, 0.1) is 0 Å². The molecule has 0 saturated heterocycles. The molecule has 2 aromatic heterocycles. The fourth-order valence-corrected chi connectivity index (χ4v) is 2.40. The Morgan fingerprint density at radius 2 is 2.11 bits per heavy atom. The average molecular weight is 250 g/mol. The number of imidazole rings is 1. The SMILES string of the molecule is CC1CN(N)c2nc3c(c(=O)[nH]c(=O)n3C)n2C1. The van der Waals surface area contributed by atoms with E-state index in [0.717, 1.165) is 0 Å². The van der Waals surface area contributed by atoms with Gasteiger partial charge in [-0.3, -0.25) is 19.4 Å². The van der Waals surface area contributed by atoms with Crippen molar-refractivity contribution in [2.45, 2.75) is 13.5 Å². The normalized spacial score (nSPS) is 19.3. The zero-order chi connectivity index (χ0) is 13.0. The van der Waals surface area contributed by atoms with E-state index in [1.54, 1.807) is 11.6 Å². The summed E-state index contributed by atoms with van der Waals surface area (Å²) >= 11 is 0. The van der Waals surface area contributed by atoms with Gasteiger partial charge in [-0.1, -0.05) is 6.92 Å². The molecule has 1 unspecified atom stereocenters. The number of fused-ring (bicyclic) bond motifs is 3. The van der Waals surface area contributed by atoms with Crippen molar-refractivity contribution in [1.29, 1.82) is 0 Å². The minimum atomic E-state index is -0.473. The van der Waals surface area contributed by atoms with Crippen molar-refractivity contribution < 1.29 is 0 Å². The van der Waals surface area contributed by atoms with E-state index in [4.69, 9.17) is 5.84 Å². The molecule has 96 valence electrons. The number of hydrazine groups is 1. The molecule has 3 rings (SSSR count). The number of anilines is 1. The van der Waals surface area contributed by atoms with Crippen LogP contribution in [0.4, 0.5) is 5.95 Å². The number of nitrogens with zero attached hydrogens (tertiary/aromatic N) is 4. The fraction of sp³-hybridized carbons (Fsp3) is 0.500. The molecule has 1 aliphatic heterocycles. The highest BCUT2D eigenvalue weighted by Crippen LogP contribution is 2.23. The van der Waals surface area contributed by atoms with Gasteiger partial charge >= 0.3 is 5.69 Å². The lowest BCUT2D eigenvalue weighted by Gasteiger charge is -2.28. The van der Waals surface area contributed by atoms with Gasteiger partial charge in [-0.2, -0.15) is 4.98 Å². The van der Waals surface area contributed by atoms with Crippen LogP contribution in [-0.4, -0.2) is 25.6 Å². The number of hydrogen-bond donors (Lipinski definition) is 2. The summed E-state index contributed by atoms with van der Waals surface area (Å²) in [5.41, 5.74) is -0.133. The lowest BCUT2D eigenvalue weighted by Crippen LogP contribution is -2.42. The predicted octanol–water partition coefficient (Wildman–Crippen LogP) is -1.25. The monoisotopic (exact) mass is 250 g/mol. The molecule has 18 heavy (non-hydrogen) atoms. The van der Waals surface area contributed by atoms with Crippen LogP contribution >= 0.6 is 0 Å². The van der Waals surface area contributed by atoms with Crippen molar-refractivity contribution in [3.63, 3.8) is 0 Å². The van der Waals surface area contributed by atoms with Crippen LogP contribution in [0.3, 0.4) is 0 Å². The first-order chi connectivity index (χ1) is 8.49. The van der Waals surface area contributed by atoms with Crippen LogP contribution in [0.1, 0.15) is 6.92 Å². The number of H-pyrrole nitrogens is 1. The van der Waals surface area contributed by atoms with E-state index in [1.165, 1.54) is 9.58 Å². The number of nitrogens with one attached hydrogen (secondary N) is 1. The van der Waals surface area contributed by atoms with Gasteiger partial charge in [0.25, 0.3) is 5.56 Å². The first-order valence-corrected chi connectivity index (χ1v) is 5.71. The zero-order valence-corrected chi connectivity index (χ0v) is 10.2. The maximum atomic E-state index is 11.9. The largest absolute Gasteiger partial charge is 0.329 e. The summed E-state index contributed by atoms with van der Waals surface area (Å²) in [6.45, 7) is 3.39. The number of rotatable bonds is 0. The van der Waals surface area contributed by atoms with Gasteiger partial charge < -0.3 is 4.57 Å². The standard InChI is InChI=1S/C10H14N6O2/c1-5-3-15-6-7(12-9(15)16(11)4-5)14(2)10(18)13-8(6)17/h5H,3-4,11H2,1-2H3,(H,13,17,18). The fourth-order valence-electron chi connectivity index (χ4n) is 2.40.